The number of hydrogen-bond acceptors (Lipinski definition) is 3. The van der Waals surface area contributed by atoms with Crippen LogP contribution in [-0.4, -0.2) is 55.7 Å². The molecule has 0 unspecified atom stereocenters. The third kappa shape index (κ3) is 4.36. The third-order valence-electron chi connectivity index (χ3n) is 3.97. The van der Waals surface area contributed by atoms with Crippen LogP contribution in [0.5, 0.6) is 5.75 Å². The average molecular weight is 291 g/mol. The molecule has 1 heterocycles. The quantitative estimate of drug-likeness (QED) is 0.927. The molecule has 1 aliphatic heterocycles. The molecule has 1 saturated heterocycles. The predicted molar refractivity (Wildman–Crippen MR) is 84.9 cm³/mol. The van der Waals surface area contributed by atoms with E-state index in [-0.39, 0.29) is 6.03 Å². The zero-order valence-corrected chi connectivity index (χ0v) is 13.1. The molecule has 116 valence electrons. The number of hydrogen-bond donors (Lipinski definition) is 1. The van der Waals surface area contributed by atoms with Crippen LogP contribution in [0.1, 0.15) is 19.8 Å². The molecule has 21 heavy (non-hydrogen) atoms. The molecule has 1 aromatic carbocycles. The van der Waals surface area contributed by atoms with Gasteiger partial charge in [0.15, 0.2) is 0 Å². The van der Waals surface area contributed by atoms with Gasteiger partial charge in [0.1, 0.15) is 5.75 Å². The molecular formula is C16H25N3O2. The lowest BCUT2D eigenvalue weighted by Gasteiger charge is -2.35. The van der Waals surface area contributed by atoms with Gasteiger partial charge in [0.2, 0.25) is 0 Å². The van der Waals surface area contributed by atoms with Crippen LogP contribution in [0.25, 0.3) is 0 Å². The number of piperidine rings is 1. The smallest absolute Gasteiger partial charge is 0.321 e. The zero-order chi connectivity index (χ0) is 15.2. The Labute approximate surface area is 126 Å². The Kier molecular flexibility index (Phi) is 5.44. The van der Waals surface area contributed by atoms with Gasteiger partial charge in [-0.15, -0.1) is 0 Å². The molecule has 0 atom stereocenters. The molecule has 0 saturated carbocycles. The van der Waals surface area contributed by atoms with Crippen molar-refractivity contribution >= 4 is 11.7 Å². The van der Waals surface area contributed by atoms with E-state index >= 15 is 0 Å². The van der Waals surface area contributed by atoms with Crippen molar-refractivity contribution in [2.24, 2.45) is 0 Å². The van der Waals surface area contributed by atoms with Gasteiger partial charge in [0, 0.05) is 18.8 Å². The second-order valence-electron chi connectivity index (χ2n) is 5.53. The minimum Gasteiger partial charge on any atom is -0.494 e. The van der Waals surface area contributed by atoms with Crippen LogP contribution in [0, 0.1) is 0 Å². The first-order valence-electron chi connectivity index (χ1n) is 7.55. The van der Waals surface area contributed by atoms with Crippen molar-refractivity contribution in [3.63, 3.8) is 0 Å². The Morgan fingerprint density at radius 3 is 2.52 bits per heavy atom. The van der Waals surface area contributed by atoms with E-state index in [1.807, 2.05) is 43.1 Å². The maximum absolute atomic E-state index is 12.3. The average Bonchev–Trinajstić information content (AvgIpc) is 2.49. The predicted octanol–water partition coefficient (Wildman–Crippen LogP) is 2.64. The van der Waals surface area contributed by atoms with E-state index in [1.54, 1.807) is 0 Å². The molecule has 1 aromatic rings. The van der Waals surface area contributed by atoms with Gasteiger partial charge < -0.3 is 19.9 Å². The van der Waals surface area contributed by atoms with Gasteiger partial charge in [-0.2, -0.15) is 0 Å². The van der Waals surface area contributed by atoms with E-state index in [0.717, 1.165) is 37.4 Å². The molecule has 5 heteroatoms. The first-order valence-corrected chi connectivity index (χ1v) is 7.55. The molecule has 2 rings (SSSR count). The third-order valence-corrected chi connectivity index (χ3v) is 3.97. The highest BCUT2D eigenvalue weighted by molar-refractivity contribution is 5.89. The van der Waals surface area contributed by atoms with E-state index in [2.05, 4.69) is 17.3 Å². The molecule has 0 spiro atoms. The maximum Gasteiger partial charge on any atom is 0.321 e. The number of amides is 2. The number of carbonyl (C=O) groups excluding carboxylic acids is 1. The zero-order valence-electron chi connectivity index (χ0n) is 13.1. The van der Waals surface area contributed by atoms with Crippen LogP contribution < -0.4 is 10.1 Å². The molecule has 2 amide bonds. The number of rotatable bonds is 4. The summed E-state index contributed by atoms with van der Waals surface area (Å²) < 4.78 is 5.39. The Hall–Kier alpha value is -1.75. The fourth-order valence-corrected chi connectivity index (χ4v) is 2.56. The Bertz CT molecular complexity index is 453. The fraction of sp³-hybridized carbons (Fsp3) is 0.562. The molecule has 1 aliphatic rings. The highest BCUT2D eigenvalue weighted by Crippen LogP contribution is 2.18. The second-order valence-corrected chi connectivity index (χ2v) is 5.53. The summed E-state index contributed by atoms with van der Waals surface area (Å²) in [6.45, 7) is 4.69. The summed E-state index contributed by atoms with van der Waals surface area (Å²) in [6.07, 6.45) is 2.06. The summed E-state index contributed by atoms with van der Waals surface area (Å²) in [7, 11) is 4.00. The number of benzene rings is 1. The van der Waals surface area contributed by atoms with Crippen molar-refractivity contribution in [3.05, 3.63) is 24.3 Å². The highest BCUT2D eigenvalue weighted by Gasteiger charge is 2.23. The van der Waals surface area contributed by atoms with Crippen molar-refractivity contribution in [1.82, 2.24) is 9.80 Å². The standard InChI is InChI=1S/C16H25N3O2/c1-4-21-15-7-5-13(6-8-15)17-16(20)19(3)14-9-11-18(2)12-10-14/h5-8,14H,4,9-12H2,1-3H3,(H,17,20). The SMILES string of the molecule is CCOc1ccc(NC(=O)N(C)C2CCN(C)CC2)cc1. The fourth-order valence-electron chi connectivity index (χ4n) is 2.56. The number of ether oxygens (including phenoxy) is 1. The van der Waals surface area contributed by atoms with Gasteiger partial charge in [0.05, 0.1) is 6.61 Å². The van der Waals surface area contributed by atoms with Gasteiger partial charge in [-0.3, -0.25) is 0 Å². The van der Waals surface area contributed by atoms with Crippen molar-refractivity contribution in [3.8, 4) is 5.75 Å². The first-order chi connectivity index (χ1) is 10.1. The molecule has 1 fully saturated rings. The summed E-state index contributed by atoms with van der Waals surface area (Å²) in [6, 6.07) is 7.75. The number of anilines is 1. The minimum atomic E-state index is -0.0475. The lowest BCUT2D eigenvalue weighted by atomic mass is 10.0. The van der Waals surface area contributed by atoms with Gasteiger partial charge in [-0.25, -0.2) is 4.79 Å². The van der Waals surface area contributed by atoms with E-state index < -0.39 is 0 Å². The largest absolute Gasteiger partial charge is 0.494 e. The minimum absolute atomic E-state index is 0.0475. The topological polar surface area (TPSA) is 44.8 Å². The van der Waals surface area contributed by atoms with Gasteiger partial charge >= 0.3 is 6.03 Å². The van der Waals surface area contributed by atoms with Crippen molar-refractivity contribution < 1.29 is 9.53 Å². The van der Waals surface area contributed by atoms with E-state index in [4.69, 9.17) is 4.74 Å². The normalized spacial score (nSPS) is 16.5. The molecule has 0 aromatic heterocycles. The number of carbonyl (C=O) groups is 1. The monoisotopic (exact) mass is 291 g/mol. The van der Waals surface area contributed by atoms with E-state index in [1.165, 1.54) is 0 Å². The summed E-state index contributed by atoms with van der Waals surface area (Å²) >= 11 is 0. The van der Waals surface area contributed by atoms with Gasteiger partial charge in [0.25, 0.3) is 0 Å². The van der Waals surface area contributed by atoms with Gasteiger partial charge in [-0.1, -0.05) is 0 Å². The maximum atomic E-state index is 12.3. The van der Waals surface area contributed by atoms with E-state index in [0.29, 0.717) is 12.6 Å². The molecular weight excluding hydrogens is 266 g/mol. The summed E-state index contributed by atoms with van der Waals surface area (Å²) in [5.41, 5.74) is 0.795. The Morgan fingerprint density at radius 2 is 1.95 bits per heavy atom. The van der Waals surface area contributed by atoms with Crippen molar-refractivity contribution in [2.45, 2.75) is 25.8 Å². The molecule has 5 nitrogen and oxygen atoms in total. The number of likely N-dealkylation sites (tertiary alicyclic amines) is 1. The molecule has 0 radical (unpaired) electrons. The Morgan fingerprint density at radius 1 is 1.33 bits per heavy atom. The lowest BCUT2D eigenvalue weighted by Crippen LogP contribution is -2.46. The second kappa shape index (κ2) is 7.31. The van der Waals surface area contributed by atoms with Crippen LogP contribution in [0.15, 0.2) is 24.3 Å². The number of nitrogens with zero attached hydrogens (tertiary/aromatic N) is 2. The van der Waals surface area contributed by atoms with Crippen LogP contribution in [-0.2, 0) is 0 Å². The molecule has 1 N–H and O–H groups in total. The number of urea groups is 1. The Balaban J connectivity index is 1.88. The highest BCUT2D eigenvalue weighted by atomic mass is 16.5. The summed E-state index contributed by atoms with van der Waals surface area (Å²) in [5, 5.41) is 2.94. The van der Waals surface area contributed by atoms with Crippen molar-refractivity contribution in [2.75, 3.05) is 39.1 Å². The van der Waals surface area contributed by atoms with E-state index in [9.17, 15) is 4.79 Å². The summed E-state index contributed by atoms with van der Waals surface area (Å²) in [4.78, 5) is 16.4. The van der Waals surface area contributed by atoms with Crippen LogP contribution in [0.4, 0.5) is 10.5 Å². The van der Waals surface area contributed by atoms with Gasteiger partial charge in [-0.05, 0) is 64.2 Å². The first kappa shape index (κ1) is 15.6. The number of nitrogens with one attached hydrogen (secondary N) is 1. The molecule has 0 aliphatic carbocycles. The van der Waals surface area contributed by atoms with Crippen LogP contribution >= 0.6 is 0 Å². The lowest BCUT2D eigenvalue weighted by molar-refractivity contribution is 0.156. The van der Waals surface area contributed by atoms with Crippen LogP contribution in [0.3, 0.4) is 0 Å². The van der Waals surface area contributed by atoms with Crippen molar-refractivity contribution in [1.29, 1.82) is 0 Å². The molecule has 0 bridgehead atoms. The summed E-state index contributed by atoms with van der Waals surface area (Å²) in [5.74, 6) is 0.819. The van der Waals surface area contributed by atoms with Crippen LogP contribution in [0.2, 0.25) is 0 Å².